The van der Waals surface area contributed by atoms with Gasteiger partial charge in [0.1, 0.15) is 5.82 Å². The SMILES string of the molecule is COC1(C)CN(c2ncc(C(=O)O)cc2C)C1. The van der Waals surface area contributed by atoms with Gasteiger partial charge in [0.2, 0.25) is 0 Å². The first-order chi connectivity index (χ1) is 7.95. The molecule has 1 aliphatic rings. The van der Waals surface area contributed by atoms with E-state index in [2.05, 4.69) is 9.88 Å². The highest BCUT2D eigenvalue weighted by Crippen LogP contribution is 2.30. The van der Waals surface area contributed by atoms with E-state index in [1.54, 1.807) is 13.2 Å². The van der Waals surface area contributed by atoms with Crippen LogP contribution in [0.1, 0.15) is 22.8 Å². The van der Waals surface area contributed by atoms with Crippen molar-refractivity contribution >= 4 is 11.8 Å². The second kappa shape index (κ2) is 4.00. The first-order valence-electron chi connectivity index (χ1n) is 5.45. The molecule has 0 radical (unpaired) electrons. The zero-order chi connectivity index (χ0) is 12.6. The fraction of sp³-hybridized carbons (Fsp3) is 0.500. The van der Waals surface area contributed by atoms with Gasteiger partial charge in [-0.2, -0.15) is 0 Å². The van der Waals surface area contributed by atoms with Crippen molar-refractivity contribution in [2.24, 2.45) is 0 Å². The Bertz CT molecular complexity index is 453. The molecule has 92 valence electrons. The predicted molar refractivity (Wildman–Crippen MR) is 63.6 cm³/mol. The lowest BCUT2D eigenvalue weighted by Gasteiger charge is -2.47. The van der Waals surface area contributed by atoms with Crippen LogP contribution in [-0.2, 0) is 4.74 Å². The van der Waals surface area contributed by atoms with Crippen LogP contribution in [0.15, 0.2) is 12.3 Å². The minimum Gasteiger partial charge on any atom is -0.478 e. The standard InChI is InChI=1S/C12H16N2O3/c1-8-4-9(11(15)16)5-13-10(8)14-6-12(2,7-14)17-3/h4-5H,6-7H2,1-3H3,(H,15,16). The Morgan fingerprint density at radius 2 is 2.24 bits per heavy atom. The van der Waals surface area contributed by atoms with Crippen LogP contribution in [0.3, 0.4) is 0 Å². The fourth-order valence-electron chi connectivity index (χ4n) is 2.06. The summed E-state index contributed by atoms with van der Waals surface area (Å²) in [6.45, 7) is 5.48. The number of aromatic carboxylic acids is 1. The molecule has 1 aromatic heterocycles. The highest BCUT2D eigenvalue weighted by Gasteiger charge is 2.40. The average molecular weight is 236 g/mol. The highest BCUT2D eigenvalue weighted by molar-refractivity contribution is 5.87. The molecule has 1 saturated heterocycles. The second-order valence-electron chi connectivity index (χ2n) is 4.68. The largest absolute Gasteiger partial charge is 0.478 e. The van der Waals surface area contributed by atoms with E-state index in [1.807, 2.05) is 13.8 Å². The molecule has 0 spiro atoms. The van der Waals surface area contributed by atoms with Crippen molar-refractivity contribution in [3.63, 3.8) is 0 Å². The minimum atomic E-state index is -0.947. The summed E-state index contributed by atoms with van der Waals surface area (Å²) >= 11 is 0. The summed E-state index contributed by atoms with van der Waals surface area (Å²) < 4.78 is 5.36. The summed E-state index contributed by atoms with van der Waals surface area (Å²) in [6, 6.07) is 1.65. The van der Waals surface area contributed by atoms with E-state index in [-0.39, 0.29) is 11.2 Å². The number of methoxy groups -OCH3 is 1. The van der Waals surface area contributed by atoms with Gasteiger partial charge in [-0.25, -0.2) is 9.78 Å². The number of anilines is 1. The molecule has 0 aromatic carbocycles. The Morgan fingerprint density at radius 1 is 1.59 bits per heavy atom. The molecule has 1 fully saturated rings. The summed E-state index contributed by atoms with van der Waals surface area (Å²) in [5.41, 5.74) is 0.990. The molecular formula is C12H16N2O3. The third-order valence-corrected chi connectivity index (χ3v) is 3.14. The van der Waals surface area contributed by atoms with E-state index in [0.717, 1.165) is 24.5 Å². The predicted octanol–water partition coefficient (Wildman–Crippen LogP) is 1.31. The van der Waals surface area contributed by atoms with E-state index in [9.17, 15) is 4.79 Å². The number of nitrogens with zero attached hydrogens (tertiary/aromatic N) is 2. The summed E-state index contributed by atoms with van der Waals surface area (Å²) in [6.07, 6.45) is 1.40. The smallest absolute Gasteiger partial charge is 0.337 e. The van der Waals surface area contributed by atoms with Crippen LogP contribution in [0, 0.1) is 6.92 Å². The molecule has 0 bridgehead atoms. The molecule has 2 rings (SSSR count). The van der Waals surface area contributed by atoms with E-state index in [4.69, 9.17) is 9.84 Å². The van der Waals surface area contributed by atoms with Crippen LogP contribution in [0.25, 0.3) is 0 Å². The van der Waals surface area contributed by atoms with Gasteiger partial charge in [-0.05, 0) is 25.5 Å². The monoisotopic (exact) mass is 236 g/mol. The van der Waals surface area contributed by atoms with Gasteiger partial charge in [0, 0.05) is 26.4 Å². The maximum Gasteiger partial charge on any atom is 0.337 e. The molecule has 5 nitrogen and oxygen atoms in total. The Kier molecular flexibility index (Phi) is 2.79. The van der Waals surface area contributed by atoms with Crippen LogP contribution in [0.4, 0.5) is 5.82 Å². The van der Waals surface area contributed by atoms with E-state index >= 15 is 0 Å². The van der Waals surface area contributed by atoms with Gasteiger partial charge in [-0.3, -0.25) is 0 Å². The number of aryl methyl sites for hydroxylation is 1. The molecule has 0 amide bonds. The molecule has 1 aliphatic heterocycles. The Labute approximate surface area is 100 Å². The normalized spacial score (nSPS) is 17.7. The molecule has 0 aliphatic carbocycles. The fourth-order valence-corrected chi connectivity index (χ4v) is 2.06. The molecule has 0 atom stereocenters. The number of ether oxygens (including phenoxy) is 1. The number of hydrogen-bond donors (Lipinski definition) is 1. The van der Waals surface area contributed by atoms with Gasteiger partial charge in [0.15, 0.2) is 0 Å². The van der Waals surface area contributed by atoms with E-state index in [0.29, 0.717) is 0 Å². The topological polar surface area (TPSA) is 62.7 Å². The third-order valence-electron chi connectivity index (χ3n) is 3.14. The van der Waals surface area contributed by atoms with Gasteiger partial charge in [-0.15, -0.1) is 0 Å². The quantitative estimate of drug-likeness (QED) is 0.857. The Hall–Kier alpha value is -1.62. The van der Waals surface area contributed by atoms with Gasteiger partial charge in [-0.1, -0.05) is 0 Å². The molecule has 1 N–H and O–H groups in total. The Balaban J connectivity index is 2.17. The third kappa shape index (κ3) is 2.10. The summed E-state index contributed by atoms with van der Waals surface area (Å²) in [5.74, 6) is -0.109. The molecule has 1 aromatic rings. The first-order valence-corrected chi connectivity index (χ1v) is 5.45. The zero-order valence-electron chi connectivity index (χ0n) is 10.2. The van der Waals surface area contributed by atoms with Crippen LogP contribution in [-0.4, -0.2) is 41.9 Å². The number of aromatic nitrogens is 1. The van der Waals surface area contributed by atoms with Gasteiger partial charge >= 0.3 is 5.97 Å². The van der Waals surface area contributed by atoms with Crippen molar-refractivity contribution in [3.8, 4) is 0 Å². The van der Waals surface area contributed by atoms with Gasteiger partial charge in [0.25, 0.3) is 0 Å². The first kappa shape index (κ1) is 11.9. The molecule has 17 heavy (non-hydrogen) atoms. The lowest BCUT2D eigenvalue weighted by Crippen LogP contribution is -2.61. The minimum absolute atomic E-state index is 0.112. The maximum atomic E-state index is 10.8. The molecule has 5 heteroatoms. The van der Waals surface area contributed by atoms with Gasteiger partial charge < -0.3 is 14.7 Å². The van der Waals surface area contributed by atoms with Gasteiger partial charge in [0.05, 0.1) is 11.2 Å². The number of rotatable bonds is 3. The highest BCUT2D eigenvalue weighted by atomic mass is 16.5. The second-order valence-corrected chi connectivity index (χ2v) is 4.68. The number of carboxylic acid groups (broad SMARTS) is 1. The van der Waals surface area contributed by atoms with Crippen LogP contribution >= 0.6 is 0 Å². The van der Waals surface area contributed by atoms with Crippen LogP contribution in [0.5, 0.6) is 0 Å². The Morgan fingerprint density at radius 3 is 2.71 bits per heavy atom. The summed E-state index contributed by atoms with van der Waals surface area (Å²) in [7, 11) is 1.70. The summed E-state index contributed by atoms with van der Waals surface area (Å²) in [4.78, 5) is 17.1. The van der Waals surface area contributed by atoms with Crippen LogP contribution in [0.2, 0.25) is 0 Å². The van der Waals surface area contributed by atoms with Crippen molar-refractivity contribution in [3.05, 3.63) is 23.4 Å². The van der Waals surface area contributed by atoms with Crippen molar-refractivity contribution in [1.82, 2.24) is 4.98 Å². The molecule has 0 unspecified atom stereocenters. The molecule has 2 heterocycles. The molecular weight excluding hydrogens is 220 g/mol. The van der Waals surface area contributed by atoms with Crippen molar-refractivity contribution in [2.75, 3.05) is 25.1 Å². The number of carboxylic acids is 1. The van der Waals surface area contributed by atoms with Crippen molar-refractivity contribution < 1.29 is 14.6 Å². The lowest BCUT2D eigenvalue weighted by atomic mass is 9.96. The molecule has 0 saturated carbocycles. The van der Waals surface area contributed by atoms with Crippen molar-refractivity contribution in [2.45, 2.75) is 19.4 Å². The zero-order valence-corrected chi connectivity index (χ0v) is 10.2. The number of hydrogen-bond acceptors (Lipinski definition) is 4. The van der Waals surface area contributed by atoms with Crippen LogP contribution < -0.4 is 4.90 Å². The van der Waals surface area contributed by atoms with E-state index in [1.165, 1.54) is 6.20 Å². The van der Waals surface area contributed by atoms with Crippen molar-refractivity contribution in [1.29, 1.82) is 0 Å². The number of carbonyl (C=O) groups is 1. The maximum absolute atomic E-state index is 10.8. The van der Waals surface area contributed by atoms with E-state index < -0.39 is 5.97 Å². The average Bonchev–Trinajstić information content (AvgIpc) is 2.25. The summed E-state index contributed by atoms with van der Waals surface area (Å²) in [5, 5.41) is 8.86. The lowest BCUT2D eigenvalue weighted by molar-refractivity contribution is -0.0172. The number of pyridine rings is 1.